The Hall–Kier alpha value is -3.29. The van der Waals surface area contributed by atoms with Gasteiger partial charge in [0.15, 0.2) is 18.1 Å². The molecule has 0 saturated carbocycles. The molecule has 1 N–H and O–H groups in total. The number of carbonyl (C=O) groups excluding carboxylic acids is 1. The van der Waals surface area contributed by atoms with Gasteiger partial charge in [-0.3, -0.25) is 4.79 Å². The second-order valence-corrected chi connectivity index (χ2v) is 6.23. The van der Waals surface area contributed by atoms with E-state index in [2.05, 4.69) is 0 Å². The second-order valence-electron chi connectivity index (χ2n) is 6.23. The number of aliphatic carboxylic acids is 1. The van der Waals surface area contributed by atoms with Crippen LogP contribution in [0.3, 0.4) is 0 Å². The molecule has 2 aromatic rings. The molecule has 0 aliphatic carbocycles. The Balaban J connectivity index is 1.92. The highest BCUT2D eigenvalue weighted by molar-refractivity contribution is 6.07. The number of amides is 1. The van der Waals surface area contributed by atoms with Crippen LogP contribution in [-0.4, -0.2) is 42.8 Å². The number of ether oxygens (including phenoxy) is 3. The van der Waals surface area contributed by atoms with Crippen LogP contribution >= 0.6 is 0 Å². The minimum absolute atomic E-state index is 0.235. The Labute approximate surface area is 161 Å². The predicted octanol–water partition coefficient (Wildman–Crippen LogP) is 3.12. The molecule has 7 nitrogen and oxygen atoms in total. The monoisotopic (exact) mass is 389 g/mol. The van der Waals surface area contributed by atoms with E-state index in [-0.39, 0.29) is 23.5 Å². The average Bonchev–Trinajstić information content (AvgIpc) is 2.65. The molecule has 8 heteroatoms. The van der Waals surface area contributed by atoms with Crippen LogP contribution in [0.25, 0.3) is 0 Å². The smallest absolute Gasteiger partial charge is 0.341 e. The predicted molar refractivity (Wildman–Crippen MR) is 98.9 cm³/mol. The molecule has 148 valence electrons. The summed E-state index contributed by atoms with van der Waals surface area (Å²) in [5.41, 5.74) is 0.809. The zero-order valence-electron chi connectivity index (χ0n) is 15.5. The van der Waals surface area contributed by atoms with Crippen LogP contribution in [-0.2, 0) is 4.79 Å². The minimum Gasteiger partial charge on any atom is -0.490 e. The highest BCUT2D eigenvalue weighted by Gasteiger charge is 2.29. The van der Waals surface area contributed by atoms with Gasteiger partial charge in [0.25, 0.3) is 5.91 Å². The summed E-state index contributed by atoms with van der Waals surface area (Å²) in [6.07, 6.45) is -0.303. The number of halogens is 1. The molecule has 3 rings (SSSR count). The number of anilines is 1. The van der Waals surface area contributed by atoms with E-state index in [1.807, 2.05) is 0 Å². The van der Waals surface area contributed by atoms with Crippen molar-refractivity contribution in [2.45, 2.75) is 20.0 Å². The summed E-state index contributed by atoms with van der Waals surface area (Å²) >= 11 is 0. The van der Waals surface area contributed by atoms with Crippen LogP contribution in [0, 0.1) is 5.82 Å². The maximum atomic E-state index is 13.5. The number of carbonyl (C=O) groups is 2. The van der Waals surface area contributed by atoms with Crippen molar-refractivity contribution in [1.29, 1.82) is 0 Å². The summed E-state index contributed by atoms with van der Waals surface area (Å²) in [4.78, 5) is 25.4. The van der Waals surface area contributed by atoms with Gasteiger partial charge in [-0.1, -0.05) is 0 Å². The third-order valence-corrected chi connectivity index (χ3v) is 4.07. The number of carboxylic acids is 1. The molecule has 28 heavy (non-hydrogen) atoms. The van der Waals surface area contributed by atoms with Gasteiger partial charge in [0.1, 0.15) is 17.7 Å². The van der Waals surface area contributed by atoms with Crippen LogP contribution < -0.4 is 19.1 Å². The highest BCUT2D eigenvalue weighted by atomic mass is 19.1. The topological polar surface area (TPSA) is 85.3 Å². The zero-order chi connectivity index (χ0) is 20.3. The number of fused-ring (bicyclic) bond motifs is 1. The molecule has 1 heterocycles. The van der Waals surface area contributed by atoms with Crippen LogP contribution in [0.15, 0.2) is 36.4 Å². The van der Waals surface area contributed by atoms with Crippen LogP contribution in [0.4, 0.5) is 10.1 Å². The Morgan fingerprint density at radius 1 is 1.21 bits per heavy atom. The molecule has 2 aromatic carbocycles. The summed E-state index contributed by atoms with van der Waals surface area (Å²) in [6, 6.07) is 8.56. The molecule has 0 radical (unpaired) electrons. The lowest BCUT2D eigenvalue weighted by atomic mass is 10.1. The molecule has 1 aliphatic heterocycles. The molecule has 1 amide bonds. The molecule has 1 aliphatic rings. The van der Waals surface area contributed by atoms with Gasteiger partial charge in [0.2, 0.25) is 0 Å². The van der Waals surface area contributed by atoms with Gasteiger partial charge in [-0.2, -0.15) is 0 Å². The Morgan fingerprint density at radius 2 is 2.00 bits per heavy atom. The maximum absolute atomic E-state index is 13.5. The largest absolute Gasteiger partial charge is 0.490 e. The third kappa shape index (κ3) is 4.16. The molecule has 0 fully saturated rings. The molecule has 1 unspecified atom stereocenters. The standard InChI is InChI=1S/C20H20FNO6/c1-3-26-18-8-13(4-7-16(18)27-11-19(23)24)20(25)22-10-12(2)28-17-9-14(21)5-6-15(17)22/h4-9,12H,3,10-11H2,1-2H3,(H,23,24). The Bertz CT molecular complexity index is 900. The second kappa shape index (κ2) is 8.16. The molecule has 0 bridgehead atoms. The fraction of sp³-hybridized carbons (Fsp3) is 0.300. The minimum atomic E-state index is -1.12. The van der Waals surface area contributed by atoms with E-state index >= 15 is 0 Å². The first-order valence-electron chi connectivity index (χ1n) is 8.78. The lowest BCUT2D eigenvalue weighted by Gasteiger charge is -2.33. The molecule has 0 spiro atoms. The maximum Gasteiger partial charge on any atom is 0.341 e. The Morgan fingerprint density at radius 3 is 2.71 bits per heavy atom. The van der Waals surface area contributed by atoms with Crippen LogP contribution in [0.5, 0.6) is 17.2 Å². The quantitative estimate of drug-likeness (QED) is 0.817. The van der Waals surface area contributed by atoms with Gasteiger partial charge in [0.05, 0.1) is 18.8 Å². The van der Waals surface area contributed by atoms with Crippen molar-refractivity contribution in [2.75, 3.05) is 24.7 Å². The van der Waals surface area contributed by atoms with Gasteiger partial charge in [-0.15, -0.1) is 0 Å². The molecular weight excluding hydrogens is 369 g/mol. The van der Waals surface area contributed by atoms with E-state index in [4.69, 9.17) is 19.3 Å². The summed E-state index contributed by atoms with van der Waals surface area (Å²) < 4.78 is 29.9. The van der Waals surface area contributed by atoms with Crippen molar-refractivity contribution in [3.8, 4) is 17.2 Å². The fourth-order valence-corrected chi connectivity index (χ4v) is 2.93. The van der Waals surface area contributed by atoms with E-state index in [1.54, 1.807) is 13.8 Å². The highest BCUT2D eigenvalue weighted by Crippen LogP contribution is 2.36. The van der Waals surface area contributed by atoms with E-state index in [0.29, 0.717) is 30.2 Å². The average molecular weight is 389 g/mol. The van der Waals surface area contributed by atoms with Gasteiger partial charge in [-0.25, -0.2) is 9.18 Å². The zero-order valence-corrected chi connectivity index (χ0v) is 15.5. The first kappa shape index (κ1) is 19.5. The number of rotatable bonds is 6. The fourth-order valence-electron chi connectivity index (χ4n) is 2.93. The third-order valence-electron chi connectivity index (χ3n) is 4.07. The van der Waals surface area contributed by atoms with E-state index < -0.39 is 18.4 Å². The van der Waals surface area contributed by atoms with E-state index in [0.717, 1.165) is 0 Å². The summed E-state index contributed by atoms with van der Waals surface area (Å²) in [6.45, 7) is 3.66. The van der Waals surface area contributed by atoms with Crippen molar-refractivity contribution in [3.63, 3.8) is 0 Å². The van der Waals surface area contributed by atoms with Gasteiger partial charge in [0, 0.05) is 11.6 Å². The van der Waals surface area contributed by atoms with Crippen molar-refractivity contribution in [1.82, 2.24) is 0 Å². The number of benzene rings is 2. The van der Waals surface area contributed by atoms with Crippen molar-refractivity contribution in [2.24, 2.45) is 0 Å². The number of nitrogens with zero attached hydrogens (tertiary/aromatic N) is 1. The van der Waals surface area contributed by atoms with Gasteiger partial charge < -0.3 is 24.2 Å². The van der Waals surface area contributed by atoms with Crippen molar-refractivity contribution in [3.05, 3.63) is 47.8 Å². The number of carboxylic acid groups (broad SMARTS) is 1. The van der Waals surface area contributed by atoms with Crippen LogP contribution in [0.1, 0.15) is 24.2 Å². The lowest BCUT2D eigenvalue weighted by Crippen LogP contribution is -2.42. The first-order valence-corrected chi connectivity index (χ1v) is 8.78. The van der Waals surface area contributed by atoms with Gasteiger partial charge >= 0.3 is 5.97 Å². The molecule has 0 aromatic heterocycles. The lowest BCUT2D eigenvalue weighted by molar-refractivity contribution is -0.139. The van der Waals surface area contributed by atoms with Crippen LogP contribution in [0.2, 0.25) is 0 Å². The Kier molecular flexibility index (Phi) is 5.67. The van der Waals surface area contributed by atoms with Crippen molar-refractivity contribution >= 4 is 17.6 Å². The van der Waals surface area contributed by atoms with E-state index in [1.165, 1.54) is 41.3 Å². The molecular formula is C20H20FNO6. The van der Waals surface area contributed by atoms with E-state index in [9.17, 15) is 14.0 Å². The molecule has 0 saturated heterocycles. The first-order chi connectivity index (χ1) is 13.4. The van der Waals surface area contributed by atoms with Gasteiger partial charge in [-0.05, 0) is 44.2 Å². The summed E-state index contributed by atoms with van der Waals surface area (Å²) in [5, 5.41) is 8.78. The SMILES string of the molecule is CCOc1cc(C(=O)N2CC(C)Oc3cc(F)ccc32)ccc1OCC(=O)O. The summed E-state index contributed by atoms with van der Waals surface area (Å²) in [5.74, 6) is -1.06. The summed E-state index contributed by atoms with van der Waals surface area (Å²) in [7, 11) is 0. The normalized spacial score (nSPS) is 15.4. The molecule has 1 atom stereocenters. The number of hydrogen-bond acceptors (Lipinski definition) is 5. The van der Waals surface area contributed by atoms with Crippen molar-refractivity contribution < 1.29 is 33.3 Å². The number of hydrogen-bond donors (Lipinski definition) is 1.